The number of hydrogen-bond donors (Lipinski definition) is 3. The van der Waals surface area contributed by atoms with Crippen molar-refractivity contribution in [3.63, 3.8) is 0 Å². The summed E-state index contributed by atoms with van der Waals surface area (Å²) in [6, 6.07) is 15.7. The van der Waals surface area contributed by atoms with Crippen molar-refractivity contribution in [3.8, 4) is 0 Å². The molecule has 1 amide bonds. The molecule has 9 heteroatoms. The third-order valence-corrected chi connectivity index (χ3v) is 4.28. The number of guanidine groups is 1. The van der Waals surface area contributed by atoms with Gasteiger partial charge in [0.1, 0.15) is 0 Å². The highest BCUT2D eigenvalue weighted by atomic mass is 32.2. The van der Waals surface area contributed by atoms with Crippen LogP contribution in [0.15, 0.2) is 59.1 Å². The van der Waals surface area contributed by atoms with E-state index in [9.17, 15) is 13.2 Å². The van der Waals surface area contributed by atoms with Crippen LogP contribution in [0.2, 0.25) is 0 Å². The van der Waals surface area contributed by atoms with Crippen molar-refractivity contribution in [2.24, 2.45) is 16.5 Å². The van der Waals surface area contributed by atoms with E-state index in [-0.39, 0.29) is 5.96 Å². The number of nitrogens with zero attached hydrogens (tertiary/aromatic N) is 1. The first kappa shape index (κ1) is 23.3. The van der Waals surface area contributed by atoms with Crippen LogP contribution >= 0.6 is 0 Å². The fourth-order valence-electron chi connectivity index (χ4n) is 3.25. The summed E-state index contributed by atoms with van der Waals surface area (Å²) in [6.45, 7) is 0.565. The average molecular weight is 432 g/mol. The Bertz CT molecular complexity index is 1080. The summed E-state index contributed by atoms with van der Waals surface area (Å²) in [5.74, 6) is -0.683. The first-order valence-corrected chi connectivity index (χ1v) is 10.9. The maximum Gasteiger partial charge on any atom is 0.280 e. The number of aryl methyl sites for hydroxylation is 1. The number of rotatable bonds is 4. The molecule has 0 saturated heterocycles. The van der Waals surface area contributed by atoms with Crippen molar-refractivity contribution in [2.75, 3.05) is 20.0 Å². The van der Waals surface area contributed by atoms with Crippen molar-refractivity contribution in [1.82, 2.24) is 0 Å². The van der Waals surface area contributed by atoms with Crippen molar-refractivity contribution in [1.29, 1.82) is 0 Å². The smallest absolute Gasteiger partial charge is 0.280 e. The normalized spacial score (nSPS) is 13.0. The largest absolute Gasteiger partial charge is 0.380 e. The summed E-state index contributed by atoms with van der Waals surface area (Å²) in [5, 5.41) is 0. The molecule has 0 aliphatic heterocycles. The molecule has 30 heavy (non-hydrogen) atoms. The molecule has 0 bridgehead atoms. The Balaban J connectivity index is 0.000000575. The molecule has 2 aromatic rings. The standard InChI is InChI=1S/C20H21N3O2.CH4O3S/c1-25-12-16-10-9-13-5-2-3-8-17(13)18(16)14-6-4-7-15(11-14)19(24)23-20(21)22;1-5(2,3)4/h2-8,11H,9-10,12H2,1H3,(H4,21,22,23,24);1H3,(H,2,3,4). The van der Waals surface area contributed by atoms with Gasteiger partial charge >= 0.3 is 0 Å². The van der Waals surface area contributed by atoms with Crippen LogP contribution in [0.1, 0.15) is 33.5 Å². The van der Waals surface area contributed by atoms with Gasteiger partial charge in [0.25, 0.3) is 16.0 Å². The van der Waals surface area contributed by atoms with Gasteiger partial charge in [-0.25, -0.2) is 0 Å². The molecule has 0 saturated carbocycles. The number of carbonyl (C=O) groups is 1. The zero-order valence-electron chi connectivity index (χ0n) is 16.8. The van der Waals surface area contributed by atoms with Crippen LogP contribution in [0.4, 0.5) is 0 Å². The number of nitrogens with two attached hydrogens (primary N) is 2. The number of hydrogen-bond acceptors (Lipinski definition) is 4. The molecule has 0 spiro atoms. The molecule has 8 nitrogen and oxygen atoms in total. The number of benzene rings is 2. The van der Waals surface area contributed by atoms with Gasteiger partial charge in [0.15, 0.2) is 5.96 Å². The minimum Gasteiger partial charge on any atom is -0.380 e. The van der Waals surface area contributed by atoms with Gasteiger partial charge in [-0.3, -0.25) is 9.35 Å². The molecule has 160 valence electrons. The third kappa shape index (κ3) is 6.80. The third-order valence-electron chi connectivity index (χ3n) is 4.28. The average Bonchev–Trinajstić information content (AvgIpc) is 2.66. The summed E-state index contributed by atoms with van der Waals surface area (Å²) < 4.78 is 31.3. The van der Waals surface area contributed by atoms with E-state index in [1.165, 1.54) is 16.7 Å². The topological polar surface area (TPSA) is 145 Å². The highest BCUT2D eigenvalue weighted by Gasteiger charge is 2.20. The van der Waals surface area contributed by atoms with Crippen molar-refractivity contribution in [3.05, 3.63) is 76.4 Å². The number of fused-ring (bicyclic) bond motifs is 1. The Morgan fingerprint density at radius 3 is 2.43 bits per heavy atom. The number of amides is 1. The summed E-state index contributed by atoms with van der Waals surface area (Å²) in [4.78, 5) is 15.8. The lowest BCUT2D eigenvalue weighted by Gasteiger charge is -2.24. The van der Waals surface area contributed by atoms with E-state index in [1.807, 2.05) is 24.3 Å². The first-order chi connectivity index (χ1) is 14.1. The molecule has 0 heterocycles. The molecular weight excluding hydrogens is 406 g/mol. The predicted molar refractivity (Wildman–Crippen MR) is 117 cm³/mol. The lowest BCUT2D eigenvalue weighted by Crippen LogP contribution is -2.24. The van der Waals surface area contributed by atoms with Gasteiger partial charge in [0, 0.05) is 12.7 Å². The molecule has 2 aromatic carbocycles. The fraction of sp³-hybridized carbons (Fsp3) is 0.238. The molecule has 3 rings (SSSR count). The Morgan fingerprint density at radius 2 is 1.80 bits per heavy atom. The van der Waals surface area contributed by atoms with Crippen LogP contribution in [-0.4, -0.2) is 44.8 Å². The van der Waals surface area contributed by atoms with Crippen LogP contribution in [0.25, 0.3) is 5.57 Å². The molecule has 5 N–H and O–H groups in total. The lowest BCUT2D eigenvalue weighted by atomic mass is 9.82. The van der Waals surface area contributed by atoms with Crippen LogP contribution in [0, 0.1) is 0 Å². The molecular formula is C21H25N3O5S. The molecule has 0 unspecified atom stereocenters. The second-order valence-electron chi connectivity index (χ2n) is 6.72. The van der Waals surface area contributed by atoms with E-state index in [1.54, 1.807) is 13.2 Å². The van der Waals surface area contributed by atoms with Crippen LogP contribution in [-0.2, 0) is 21.3 Å². The van der Waals surface area contributed by atoms with Gasteiger partial charge in [-0.15, -0.1) is 0 Å². The van der Waals surface area contributed by atoms with Crippen LogP contribution < -0.4 is 11.5 Å². The lowest BCUT2D eigenvalue weighted by molar-refractivity contribution is 0.100. The van der Waals surface area contributed by atoms with E-state index in [4.69, 9.17) is 20.8 Å². The number of aliphatic imine (C=N–C) groups is 1. The maximum absolute atomic E-state index is 12.2. The summed E-state index contributed by atoms with van der Waals surface area (Å²) in [7, 11) is -1.97. The molecule has 1 aliphatic rings. The van der Waals surface area contributed by atoms with E-state index >= 15 is 0 Å². The van der Waals surface area contributed by atoms with Crippen LogP contribution in [0.3, 0.4) is 0 Å². The number of methoxy groups -OCH3 is 1. The molecule has 1 aliphatic carbocycles. The van der Waals surface area contributed by atoms with E-state index in [0.717, 1.165) is 24.0 Å². The van der Waals surface area contributed by atoms with Gasteiger partial charge in [0.05, 0.1) is 12.9 Å². The second kappa shape index (κ2) is 10.1. The Hall–Kier alpha value is -3.01. The minimum atomic E-state index is -3.67. The highest BCUT2D eigenvalue weighted by molar-refractivity contribution is 7.85. The Morgan fingerprint density at radius 1 is 1.13 bits per heavy atom. The minimum absolute atomic E-state index is 0.238. The molecule has 0 aromatic heterocycles. The number of carbonyl (C=O) groups excluding carboxylic acids is 1. The van der Waals surface area contributed by atoms with Gasteiger partial charge in [-0.1, -0.05) is 36.4 Å². The second-order valence-corrected chi connectivity index (χ2v) is 8.19. The first-order valence-electron chi connectivity index (χ1n) is 9.06. The van der Waals surface area contributed by atoms with Gasteiger partial charge in [-0.2, -0.15) is 13.4 Å². The van der Waals surface area contributed by atoms with E-state index < -0.39 is 16.0 Å². The summed E-state index contributed by atoms with van der Waals surface area (Å²) in [5.41, 5.74) is 16.9. The molecule has 0 radical (unpaired) electrons. The van der Waals surface area contributed by atoms with Gasteiger partial charge < -0.3 is 16.2 Å². The SMILES string of the molecule is COCC1=C(c2cccc(C(=O)N=C(N)N)c2)c2ccccc2CC1.CS(=O)(=O)O. The summed E-state index contributed by atoms with van der Waals surface area (Å²) >= 11 is 0. The highest BCUT2D eigenvalue weighted by Crippen LogP contribution is 2.36. The van der Waals surface area contributed by atoms with E-state index in [2.05, 4.69) is 23.2 Å². The van der Waals surface area contributed by atoms with Gasteiger partial charge in [-0.05, 0) is 52.8 Å². The zero-order chi connectivity index (χ0) is 22.3. The van der Waals surface area contributed by atoms with Crippen molar-refractivity contribution < 1.29 is 22.5 Å². The van der Waals surface area contributed by atoms with Gasteiger partial charge in [0.2, 0.25) is 0 Å². The predicted octanol–water partition coefficient (Wildman–Crippen LogP) is 2.00. The maximum atomic E-state index is 12.2. The molecule has 0 fully saturated rings. The van der Waals surface area contributed by atoms with E-state index in [0.29, 0.717) is 18.4 Å². The Kier molecular flexibility index (Phi) is 7.87. The molecule has 0 atom stereocenters. The summed E-state index contributed by atoms with van der Waals surface area (Å²) in [6.07, 6.45) is 2.64. The zero-order valence-corrected chi connectivity index (χ0v) is 17.6. The fourth-order valence-corrected chi connectivity index (χ4v) is 3.25. The Labute approximate surface area is 176 Å². The van der Waals surface area contributed by atoms with Crippen molar-refractivity contribution >= 4 is 27.6 Å². The number of ether oxygens (including phenoxy) is 1. The monoisotopic (exact) mass is 431 g/mol. The van der Waals surface area contributed by atoms with Crippen molar-refractivity contribution in [2.45, 2.75) is 12.8 Å². The quantitative estimate of drug-likeness (QED) is 0.381. The van der Waals surface area contributed by atoms with Crippen LogP contribution in [0.5, 0.6) is 0 Å².